The Balaban J connectivity index is 1.70. The van der Waals surface area contributed by atoms with Crippen LogP contribution in [-0.2, 0) is 20.0 Å². The van der Waals surface area contributed by atoms with Gasteiger partial charge < -0.3 is 4.90 Å². The van der Waals surface area contributed by atoms with Crippen LogP contribution in [0.3, 0.4) is 0 Å². The number of hydrogen-bond acceptors (Lipinski definition) is 6. The number of thiazole rings is 1. The molecule has 0 saturated heterocycles. The standard InChI is InChI=1S/C17H17N5O2S/c1-21-8-7-12-13(9-21)25-17(18-12)19-15(23)14-10-5-3-4-6-11(10)16(24)22(2)20-14/h3-6H,7-9H2,1-2H3,(H,18,19,23). The van der Waals surface area contributed by atoms with Gasteiger partial charge in [0, 0.05) is 36.8 Å². The zero-order chi connectivity index (χ0) is 17.6. The fourth-order valence-electron chi connectivity index (χ4n) is 3.00. The van der Waals surface area contributed by atoms with Gasteiger partial charge in [-0.15, -0.1) is 11.3 Å². The molecule has 1 aromatic carbocycles. The van der Waals surface area contributed by atoms with Crippen molar-refractivity contribution in [1.82, 2.24) is 19.7 Å². The maximum atomic E-state index is 12.7. The summed E-state index contributed by atoms with van der Waals surface area (Å²) in [4.78, 5) is 32.9. The van der Waals surface area contributed by atoms with E-state index in [1.165, 1.54) is 20.9 Å². The highest BCUT2D eigenvalue weighted by molar-refractivity contribution is 7.15. The number of likely N-dealkylation sites (N-methyl/N-ethyl adjacent to an activating group) is 1. The lowest BCUT2D eigenvalue weighted by atomic mass is 10.1. The Morgan fingerprint density at radius 2 is 2.00 bits per heavy atom. The third-order valence-corrected chi connectivity index (χ3v) is 5.31. The summed E-state index contributed by atoms with van der Waals surface area (Å²) in [6.45, 7) is 1.82. The highest BCUT2D eigenvalue weighted by atomic mass is 32.1. The normalized spacial score (nSPS) is 14.5. The van der Waals surface area contributed by atoms with E-state index in [0.29, 0.717) is 15.9 Å². The fourth-order valence-corrected chi connectivity index (χ4v) is 4.08. The molecule has 1 aliphatic rings. The van der Waals surface area contributed by atoms with E-state index in [2.05, 4.69) is 27.3 Å². The zero-order valence-electron chi connectivity index (χ0n) is 13.9. The molecule has 4 rings (SSSR count). The molecule has 0 spiro atoms. The molecule has 7 nitrogen and oxygen atoms in total. The van der Waals surface area contributed by atoms with Crippen LogP contribution in [0.5, 0.6) is 0 Å². The first-order valence-electron chi connectivity index (χ1n) is 7.97. The van der Waals surface area contributed by atoms with Crippen LogP contribution in [0.4, 0.5) is 5.13 Å². The van der Waals surface area contributed by atoms with Crippen LogP contribution in [0, 0.1) is 0 Å². The second-order valence-electron chi connectivity index (χ2n) is 6.15. The first-order valence-corrected chi connectivity index (χ1v) is 8.79. The largest absolute Gasteiger partial charge is 0.301 e. The van der Waals surface area contributed by atoms with Gasteiger partial charge in [-0.1, -0.05) is 18.2 Å². The molecule has 0 radical (unpaired) electrons. The van der Waals surface area contributed by atoms with Gasteiger partial charge in [0.25, 0.3) is 11.5 Å². The van der Waals surface area contributed by atoms with Crippen LogP contribution in [0.1, 0.15) is 21.1 Å². The summed E-state index contributed by atoms with van der Waals surface area (Å²) in [6.07, 6.45) is 0.888. The first-order chi connectivity index (χ1) is 12.0. The molecule has 25 heavy (non-hydrogen) atoms. The summed E-state index contributed by atoms with van der Waals surface area (Å²) in [7, 11) is 3.62. The smallest absolute Gasteiger partial charge is 0.278 e. The lowest BCUT2D eigenvalue weighted by Gasteiger charge is -2.20. The molecule has 0 aliphatic carbocycles. The molecule has 2 aromatic heterocycles. The van der Waals surface area contributed by atoms with Crippen molar-refractivity contribution in [3.8, 4) is 0 Å². The molecular weight excluding hydrogens is 338 g/mol. The van der Waals surface area contributed by atoms with E-state index < -0.39 is 0 Å². The van der Waals surface area contributed by atoms with Crippen molar-refractivity contribution in [2.45, 2.75) is 13.0 Å². The Kier molecular flexibility index (Phi) is 3.85. The summed E-state index contributed by atoms with van der Waals surface area (Å²) in [5.41, 5.74) is 1.06. The average molecular weight is 355 g/mol. The molecule has 0 unspecified atom stereocenters. The van der Waals surface area contributed by atoms with E-state index in [1.807, 2.05) is 0 Å². The minimum Gasteiger partial charge on any atom is -0.301 e. The predicted octanol–water partition coefficient (Wildman–Crippen LogP) is 1.63. The molecule has 3 aromatic rings. The van der Waals surface area contributed by atoms with Crippen LogP contribution < -0.4 is 10.9 Å². The van der Waals surface area contributed by atoms with Gasteiger partial charge in [-0.2, -0.15) is 5.10 Å². The molecular formula is C17H17N5O2S. The van der Waals surface area contributed by atoms with Gasteiger partial charge in [0.05, 0.1) is 11.1 Å². The number of anilines is 1. The molecule has 128 valence electrons. The van der Waals surface area contributed by atoms with Gasteiger partial charge in [0.1, 0.15) is 0 Å². The number of hydrogen-bond donors (Lipinski definition) is 1. The van der Waals surface area contributed by atoms with Crippen molar-refractivity contribution in [2.24, 2.45) is 7.05 Å². The average Bonchev–Trinajstić information content (AvgIpc) is 2.99. The monoisotopic (exact) mass is 355 g/mol. The summed E-state index contributed by atoms with van der Waals surface area (Å²) in [5, 5.41) is 8.59. The van der Waals surface area contributed by atoms with E-state index >= 15 is 0 Å². The SMILES string of the molecule is CN1CCc2nc(NC(=O)c3nn(C)c(=O)c4ccccc34)sc2C1. The number of fused-ring (bicyclic) bond motifs is 2. The summed E-state index contributed by atoms with van der Waals surface area (Å²) < 4.78 is 1.19. The van der Waals surface area contributed by atoms with Gasteiger partial charge in [-0.25, -0.2) is 9.67 Å². The fraction of sp³-hybridized carbons (Fsp3) is 0.294. The van der Waals surface area contributed by atoms with Gasteiger partial charge >= 0.3 is 0 Å². The second kappa shape index (κ2) is 6.05. The number of aryl methyl sites for hydroxylation is 1. The van der Waals surface area contributed by atoms with Crippen molar-refractivity contribution < 1.29 is 4.79 Å². The highest BCUT2D eigenvalue weighted by Gasteiger charge is 2.21. The van der Waals surface area contributed by atoms with Gasteiger partial charge in [-0.05, 0) is 13.1 Å². The number of carbonyl (C=O) groups is 1. The molecule has 8 heteroatoms. The number of carbonyl (C=O) groups excluding carboxylic acids is 1. The summed E-state index contributed by atoms with van der Waals surface area (Å²) in [6, 6.07) is 7.00. The van der Waals surface area contributed by atoms with Crippen LogP contribution in [0.15, 0.2) is 29.1 Å². The van der Waals surface area contributed by atoms with Crippen LogP contribution in [0.2, 0.25) is 0 Å². The molecule has 1 N–H and O–H groups in total. The van der Waals surface area contributed by atoms with E-state index in [4.69, 9.17) is 0 Å². The van der Waals surface area contributed by atoms with Crippen molar-refractivity contribution in [1.29, 1.82) is 0 Å². The van der Waals surface area contributed by atoms with Crippen LogP contribution >= 0.6 is 11.3 Å². The Bertz CT molecular complexity index is 1040. The highest BCUT2D eigenvalue weighted by Crippen LogP contribution is 2.28. The zero-order valence-corrected chi connectivity index (χ0v) is 14.8. The van der Waals surface area contributed by atoms with E-state index in [1.54, 1.807) is 31.3 Å². The molecule has 0 fully saturated rings. The van der Waals surface area contributed by atoms with Gasteiger partial charge in [0.15, 0.2) is 10.8 Å². The number of nitrogens with zero attached hydrogens (tertiary/aromatic N) is 4. The quantitative estimate of drug-likeness (QED) is 0.756. The molecule has 0 saturated carbocycles. The molecule has 1 amide bonds. The molecule has 0 atom stereocenters. The van der Waals surface area contributed by atoms with Crippen molar-refractivity contribution in [3.63, 3.8) is 0 Å². The minimum atomic E-state index is -0.355. The van der Waals surface area contributed by atoms with Crippen molar-refractivity contribution in [2.75, 3.05) is 18.9 Å². The van der Waals surface area contributed by atoms with E-state index in [0.717, 1.165) is 25.2 Å². The third-order valence-electron chi connectivity index (χ3n) is 4.31. The van der Waals surface area contributed by atoms with Crippen LogP contribution in [-0.4, -0.2) is 39.2 Å². The summed E-state index contributed by atoms with van der Waals surface area (Å²) >= 11 is 1.49. The maximum Gasteiger partial charge on any atom is 0.278 e. The third kappa shape index (κ3) is 2.83. The Labute approximate surface area is 147 Å². The number of amides is 1. The lowest BCUT2D eigenvalue weighted by molar-refractivity contribution is 0.102. The van der Waals surface area contributed by atoms with E-state index in [9.17, 15) is 9.59 Å². The minimum absolute atomic E-state index is 0.222. The molecule has 3 heterocycles. The first kappa shape index (κ1) is 15.9. The van der Waals surface area contributed by atoms with Crippen molar-refractivity contribution >= 4 is 33.1 Å². The number of nitrogens with one attached hydrogen (secondary N) is 1. The van der Waals surface area contributed by atoms with Gasteiger partial charge in [-0.3, -0.25) is 14.9 Å². The number of aromatic nitrogens is 3. The van der Waals surface area contributed by atoms with Crippen molar-refractivity contribution in [3.05, 3.63) is 50.9 Å². The Hall–Kier alpha value is -2.58. The maximum absolute atomic E-state index is 12.7. The molecule has 0 bridgehead atoms. The summed E-state index contributed by atoms with van der Waals surface area (Å²) in [5.74, 6) is -0.355. The lowest BCUT2D eigenvalue weighted by Crippen LogP contribution is -2.25. The topological polar surface area (TPSA) is 80.1 Å². The van der Waals surface area contributed by atoms with E-state index in [-0.39, 0.29) is 17.2 Å². The second-order valence-corrected chi connectivity index (χ2v) is 7.24. The predicted molar refractivity (Wildman–Crippen MR) is 97.1 cm³/mol. The van der Waals surface area contributed by atoms with Gasteiger partial charge in [0.2, 0.25) is 0 Å². The molecule has 1 aliphatic heterocycles. The number of rotatable bonds is 2. The number of benzene rings is 1. The van der Waals surface area contributed by atoms with Crippen LogP contribution in [0.25, 0.3) is 10.8 Å². The Morgan fingerprint density at radius 1 is 1.24 bits per heavy atom. The Morgan fingerprint density at radius 3 is 2.80 bits per heavy atom.